The second-order valence-electron chi connectivity index (χ2n) is 6.00. The van der Waals surface area contributed by atoms with Crippen LogP contribution in [0.15, 0.2) is 56.1 Å². The molecular weight excluding hydrogens is 386 g/mol. The molecule has 142 valence electrons. The predicted molar refractivity (Wildman–Crippen MR) is 103 cm³/mol. The van der Waals surface area contributed by atoms with Crippen LogP contribution in [0.1, 0.15) is 16.1 Å². The van der Waals surface area contributed by atoms with Gasteiger partial charge in [-0.15, -0.1) is 0 Å². The van der Waals surface area contributed by atoms with Gasteiger partial charge in [0.2, 0.25) is 0 Å². The number of nitrogens with one attached hydrogen (secondary N) is 1. The number of rotatable bonds is 4. The molecule has 8 nitrogen and oxygen atoms in total. The van der Waals surface area contributed by atoms with Crippen LogP contribution >= 0.6 is 11.6 Å². The first-order valence-corrected chi connectivity index (χ1v) is 8.58. The Morgan fingerprint density at radius 1 is 1.18 bits per heavy atom. The van der Waals surface area contributed by atoms with E-state index in [1.54, 1.807) is 49.4 Å². The first-order valence-electron chi connectivity index (χ1n) is 8.20. The van der Waals surface area contributed by atoms with Crippen molar-refractivity contribution in [2.75, 3.05) is 12.4 Å². The molecule has 9 heteroatoms. The minimum atomic E-state index is -0.672. The number of ether oxygens (including phenoxy) is 1. The minimum Gasteiger partial charge on any atom is -0.452 e. The molecule has 0 aliphatic rings. The standard InChI is InChI=1S/C19H14ClN3O5/c1-10-7-13(23-19(25)28-18(22-23)26-2)4-5-14(10)21-17(24)16-9-11-8-12(20)3-6-15(11)27-16/h3-9H,1-2H3,(H,21,24). The summed E-state index contributed by atoms with van der Waals surface area (Å²) in [5.41, 5.74) is 2.33. The summed E-state index contributed by atoms with van der Waals surface area (Å²) in [4.78, 5) is 24.4. The van der Waals surface area contributed by atoms with E-state index in [0.29, 0.717) is 22.0 Å². The number of methoxy groups -OCH3 is 1. The van der Waals surface area contributed by atoms with Gasteiger partial charge in [0.1, 0.15) is 5.58 Å². The lowest BCUT2D eigenvalue weighted by atomic mass is 10.1. The molecular formula is C19H14ClN3O5. The Morgan fingerprint density at radius 3 is 2.71 bits per heavy atom. The van der Waals surface area contributed by atoms with Crippen molar-refractivity contribution in [1.29, 1.82) is 0 Å². The lowest BCUT2D eigenvalue weighted by Gasteiger charge is -2.08. The Balaban J connectivity index is 1.59. The molecule has 0 aliphatic heterocycles. The van der Waals surface area contributed by atoms with E-state index >= 15 is 0 Å². The molecule has 2 heterocycles. The van der Waals surface area contributed by atoms with Crippen molar-refractivity contribution < 1.29 is 18.4 Å². The van der Waals surface area contributed by atoms with Crippen molar-refractivity contribution in [3.63, 3.8) is 0 Å². The first kappa shape index (κ1) is 17.9. The van der Waals surface area contributed by atoms with Crippen LogP contribution in [-0.4, -0.2) is 22.8 Å². The maximum Gasteiger partial charge on any atom is 0.444 e. The first-order chi connectivity index (χ1) is 13.4. The summed E-state index contributed by atoms with van der Waals surface area (Å²) in [7, 11) is 1.35. The SMILES string of the molecule is COc1nn(-c2ccc(NC(=O)c3cc4cc(Cl)ccc4o3)c(C)c2)c(=O)o1. The number of furan rings is 1. The second-order valence-corrected chi connectivity index (χ2v) is 6.43. The number of hydrogen-bond acceptors (Lipinski definition) is 6. The monoisotopic (exact) mass is 399 g/mol. The van der Waals surface area contributed by atoms with E-state index in [0.717, 1.165) is 15.6 Å². The van der Waals surface area contributed by atoms with Crippen LogP contribution in [0.25, 0.3) is 16.7 Å². The predicted octanol–water partition coefficient (Wildman–Crippen LogP) is 3.79. The molecule has 0 fully saturated rings. The van der Waals surface area contributed by atoms with E-state index in [2.05, 4.69) is 10.4 Å². The lowest BCUT2D eigenvalue weighted by molar-refractivity contribution is 0.0998. The van der Waals surface area contributed by atoms with E-state index in [-0.39, 0.29) is 11.8 Å². The van der Waals surface area contributed by atoms with Crippen molar-refractivity contribution in [2.45, 2.75) is 6.92 Å². The molecule has 4 rings (SSSR count). The zero-order valence-electron chi connectivity index (χ0n) is 14.9. The van der Waals surface area contributed by atoms with Crippen molar-refractivity contribution in [3.05, 3.63) is 69.4 Å². The number of aryl methyl sites for hydroxylation is 1. The number of fused-ring (bicyclic) bond motifs is 1. The van der Waals surface area contributed by atoms with Gasteiger partial charge in [-0.2, -0.15) is 4.68 Å². The van der Waals surface area contributed by atoms with Crippen molar-refractivity contribution in [1.82, 2.24) is 9.78 Å². The highest BCUT2D eigenvalue weighted by Gasteiger charge is 2.15. The van der Waals surface area contributed by atoms with Crippen LogP contribution < -0.4 is 15.8 Å². The fraction of sp³-hybridized carbons (Fsp3) is 0.105. The van der Waals surface area contributed by atoms with Crippen LogP contribution in [0, 0.1) is 6.92 Å². The third-order valence-electron chi connectivity index (χ3n) is 4.11. The normalized spacial score (nSPS) is 11.0. The zero-order valence-corrected chi connectivity index (χ0v) is 15.6. The van der Waals surface area contributed by atoms with Crippen molar-refractivity contribution in [3.8, 4) is 11.8 Å². The topological polar surface area (TPSA) is 99.5 Å². The zero-order chi connectivity index (χ0) is 19.8. The van der Waals surface area contributed by atoms with E-state index in [9.17, 15) is 9.59 Å². The molecule has 0 aliphatic carbocycles. The largest absolute Gasteiger partial charge is 0.452 e. The molecule has 2 aromatic heterocycles. The second kappa shape index (κ2) is 6.90. The lowest BCUT2D eigenvalue weighted by Crippen LogP contribution is -2.15. The Labute approximate surface area is 163 Å². The number of anilines is 1. The summed E-state index contributed by atoms with van der Waals surface area (Å²) in [6, 6.07) is 11.7. The van der Waals surface area contributed by atoms with Gasteiger partial charge in [0, 0.05) is 16.1 Å². The van der Waals surface area contributed by atoms with Gasteiger partial charge >= 0.3 is 11.8 Å². The summed E-state index contributed by atoms with van der Waals surface area (Å²) in [5, 5.41) is 8.00. The number of amides is 1. The van der Waals surface area contributed by atoms with E-state index in [4.69, 9.17) is 25.2 Å². The quantitative estimate of drug-likeness (QED) is 0.560. The average Bonchev–Trinajstić information content (AvgIpc) is 3.26. The van der Waals surface area contributed by atoms with Gasteiger partial charge in [-0.3, -0.25) is 4.79 Å². The van der Waals surface area contributed by atoms with Gasteiger partial charge in [0.05, 0.1) is 12.8 Å². The molecule has 0 atom stereocenters. The minimum absolute atomic E-state index is 0.134. The van der Waals surface area contributed by atoms with Crippen LogP contribution in [0.2, 0.25) is 5.02 Å². The molecule has 28 heavy (non-hydrogen) atoms. The molecule has 0 bridgehead atoms. The molecule has 0 radical (unpaired) electrons. The van der Waals surface area contributed by atoms with Gasteiger partial charge in [-0.25, -0.2) is 4.79 Å². The molecule has 1 N–H and O–H groups in total. The highest BCUT2D eigenvalue weighted by molar-refractivity contribution is 6.31. The number of benzene rings is 2. The number of halogens is 1. The summed E-state index contributed by atoms with van der Waals surface area (Å²) in [6.07, 6.45) is -0.134. The maximum atomic E-state index is 12.5. The number of nitrogens with zero attached hydrogens (tertiary/aromatic N) is 2. The average molecular weight is 400 g/mol. The van der Waals surface area contributed by atoms with Gasteiger partial charge in [-0.05, 0) is 55.0 Å². The van der Waals surface area contributed by atoms with Crippen LogP contribution in [0.5, 0.6) is 6.08 Å². The Kier molecular flexibility index (Phi) is 4.40. The summed E-state index contributed by atoms with van der Waals surface area (Å²) in [6.45, 7) is 1.79. The van der Waals surface area contributed by atoms with Crippen molar-refractivity contribution in [2.24, 2.45) is 0 Å². The molecule has 0 unspecified atom stereocenters. The Morgan fingerprint density at radius 2 is 2.00 bits per heavy atom. The van der Waals surface area contributed by atoms with Crippen LogP contribution in [0.4, 0.5) is 5.69 Å². The van der Waals surface area contributed by atoms with Gasteiger partial charge in [-0.1, -0.05) is 16.7 Å². The highest BCUT2D eigenvalue weighted by Crippen LogP contribution is 2.25. The van der Waals surface area contributed by atoms with Crippen LogP contribution in [0.3, 0.4) is 0 Å². The van der Waals surface area contributed by atoms with E-state index in [1.807, 2.05) is 0 Å². The van der Waals surface area contributed by atoms with Gasteiger partial charge < -0.3 is 18.9 Å². The van der Waals surface area contributed by atoms with E-state index in [1.165, 1.54) is 7.11 Å². The maximum absolute atomic E-state index is 12.5. The highest BCUT2D eigenvalue weighted by atomic mass is 35.5. The van der Waals surface area contributed by atoms with Gasteiger partial charge in [0.25, 0.3) is 5.91 Å². The molecule has 0 saturated carbocycles. The molecule has 1 amide bonds. The number of carbonyl (C=O) groups is 1. The summed E-state index contributed by atoms with van der Waals surface area (Å²) >= 11 is 5.96. The Bertz CT molecular complexity index is 1250. The fourth-order valence-electron chi connectivity index (χ4n) is 2.74. The van der Waals surface area contributed by atoms with E-state index < -0.39 is 11.7 Å². The number of aromatic nitrogens is 2. The number of hydrogen-bond donors (Lipinski definition) is 1. The van der Waals surface area contributed by atoms with Crippen LogP contribution in [-0.2, 0) is 0 Å². The third-order valence-corrected chi connectivity index (χ3v) is 4.34. The smallest absolute Gasteiger partial charge is 0.444 e. The summed E-state index contributed by atoms with van der Waals surface area (Å²) < 4.78 is 16.3. The fourth-order valence-corrected chi connectivity index (χ4v) is 2.92. The molecule has 2 aromatic carbocycles. The molecule has 0 spiro atoms. The Hall–Kier alpha value is -3.52. The molecule has 0 saturated heterocycles. The van der Waals surface area contributed by atoms with Gasteiger partial charge in [0.15, 0.2) is 5.76 Å². The molecule has 4 aromatic rings. The van der Waals surface area contributed by atoms with Crippen molar-refractivity contribution >= 4 is 34.2 Å². The number of carbonyl (C=O) groups excluding carboxylic acids is 1. The summed E-state index contributed by atoms with van der Waals surface area (Å²) in [5.74, 6) is -0.907. The third kappa shape index (κ3) is 3.25.